The first-order valence-electron chi connectivity index (χ1n) is 8.37. The number of hydrogen-bond acceptors (Lipinski definition) is 3. The van der Waals surface area contributed by atoms with Gasteiger partial charge in [-0.15, -0.1) is 0 Å². The predicted octanol–water partition coefficient (Wildman–Crippen LogP) is 1.85. The average Bonchev–Trinajstić information content (AvgIpc) is 3.27. The molecule has 2 N–H and O–H groups in total. The zero-order chi connectivity index (χ0) is 15.6. The van der Waals surface area contributed by atoms with Gasteiger partial charge in [-0.1, -0.05) is 30.3 Å². The van der Waals surface area contributed by atoms with Gasteiger partial charge >= 0.3 is 0 Å². The molecule has 0 spiro atoms. The molecule has 1 saturated heterocycles. The molecule has 1 saturated carbocycles. The van der Waals surface area contributed by atoms with Crippen molar-refractivity contribution in [3.63, 3.8) is 0 Å². The fourth-order valence-electron chi connectivity index (χ4n) is 3.38. The van der Waals surface area contributed by atoms with Crippen molar-refractivity contribution in [3.8, 4) is 0 Å². The van der Waals surface area contributed by atoms with Crippen LogP contribution in [0.2, 0.25) is 0 Å². The van der Waals surface area contributed by atoms with Crippen LogP contribution in [-0.4, -0.2) is 47.9 Å². The Morgan fingerprint density at radius 2 is 1.91 bits per heavy atom. The van der Waals surface area contributed by atoms with E-state index in [2.05, 4.69) is 42.3 Å². The van der Waals surface area contributed by atoms with E-state index in [0.717, 1.165) is 51.9 Å². The smallest absolute Gasteiger partial charge is 0.242 e. The molecule has 2 aliphatic rings. The lowest BCUT2D eigenvalue weighted by Gasteiger charge is -2.35. The third kappa shape index (κ3) is 3.68. The first-order valence-corrected chi connectivity index (χ1v) is 8.37. The summed E-state index contributed by atoms with van der Waals surface area (Å²) in [5, 5.41) is 0. The molecule has 1 aromatic carbocycles. The van der Waals surface area contributed by atoms with Crippen LogP contribution in [0.25, 0.3) is 0 Å². The topological polar surface area (TPSA) is 49.6 Å². The van der Waals surface area contributed by atoms with Crippen molar-refractivity contribution in [3.05, 3.63) is 35.9 Å². The highest BCUT2D eigenvalue weighted by atomic mass is 16.2. The third-order valence-corrected chi connectivity index (χ3v) is 4.98. The molecule has 0 bridgehead atoms. The monoisotopic (exact) mass is 301 g/mol. The molecular formula is C18H27N3O. The Bertz CT molecular complexity index is 504. The summed E-state index contributed by atoms with van der Waals surface area (Å²) < 4.78 is 0. The van der Waals surface area contributed by atoms with Gasteiger partial charge in [-0.3, -0.25) is 4.79 Å². The van der Waals surface area contributed by atoms with Gasteiger partial charge < -0.3 is 15.5 Å². The van der Waals surface area contributed by atoms with E-state index in [1.807, 2.05) is 4.90 Å². The number of hydrogen-bond donors (Lipinski definition) is 1. The summed E-state index contributed by atoms with van der Waals surface area (Å²) in [5.41, 5.74) is 6.88. The maximum atomic E-state index is 12.2. The molecule has 3 rings (SSSR count). The Kier molecular flexibility index (Phi) is 4.50. The van der Waals surface area contributed by atoms with Crippen LogP contribution in [0.5, 0.6) is 0 Å². The van der Waals surface area contributed by atoms with E-state index in [4.69, 9.17) is 5.73 Å². The number of piperidine rings is 1. The molecule has 1 aromatic rings. The summed E-state index contributed by atoms with van der Waals surface area (Å²) in [5.74, 6) is 0.870. The fourth-order valence-corrected chi connectivity index (χ4v) is 3.38. The summed E-state index contributed by atoms with van der Waals surface area (Å²) in [6, 6.07) is 10.6. The van der Waals surface area contributed by atoms with Crippen LogP contribution in [0.4, 0.5) is 0 Å². The number of rotatable bonds is 5. The summed E-state index contributed by atoms with van der Waals surface area (Å²) in [7, 11) is 2.18. The van der Waals surface area contributed by atoms with Gasteiger partial charge in [0.1, 0.15) is 0 Å². The average molecular weight is 301 g/mol. The minimum absolute atomic E-state index is 0.184. The lowest BCUT2D eigenvalue weighted by atomic mass is 9.95. The van der Waals surface area contributed by atoms with Crippen LogP contribution in [-0.2, 0) is 11.3 Å². The van der Waals surface area contributed by atoms with E-state index in [1.165, 1.54) is 5.56 Å². The molecule has 1 aliphatic heterocycles. The van der Waals surface area contributed by atoms with Gasteiger partial charge in [-0.2, -0.15) is 0 Å². The lowest BCUT2D eigenvalue weighted by molar-refractivity contribution is -0.135. The molecule has 120 valence electrons. The van der Waals surface area contributed by atoms with Crippen molar-refractivity contribution in [2.75, 3.05) is 26.7 Å². The van der Waals surface area contributed by atoms with Crippen LogP contribution in [0, 0.1) is 5.92 Å². The van der Waals surface area contributed by atoms with Crippen molar-refractivity contribution >= 4 is 5.91 Å². The molecule has 22 heavy (non-hydrogen) atoms. The van der Waals surface area contributed by atoms with E-state index in [0.29, 0.717) is 5.92 Å². The van der Waals surface area contributed by atoms with Gasteiger partial charge in [-0.05, 0) is 44.2 Å². The number of amides is 1. The molecule has 4 heteroatoms. The number of carbonyl (C=O) groups excluding carboxylic acids is 1. The zero-order valence-corrected chi connectivity index (χ0v) is 13.5. The Morgan fingerprint density at radius 1 is 1.27 bits per heavy atom. The van der Waals surface area contributed by atoms with E-state index in [1.54, 1.807) is 0 Å². The third-order valence-electron chi connectivity index (χ3n) is 4.98. The molecular weight excluding hydrogens is 274 g/mol. The molecule has 0 aromatic heterocycles. The number of benzene rings is 1. The Balaban J connectivity index is 1.43. The normalized spacial score (nSPS) is 21.1. The van der Waals surface area contributed by atoms with E-state index in [-0.39, 0.29) is 5.91 Å². The molecule has 0 unspecified atom stereocenters. The van der Waals surface area contributed by atoms with Crippen LogP contribution in [0.3, 0.4) is 0 Å². The van der Waals surface area contributed by atoms with E-state index < -0.39 is 5.54 Å². The predicted molar refractivity (Wildman–Crippen MR) is 88.2 cm³/mol. The Hall–Kier alpha value is -1.39. The Morgan fingerprint density at radius 3 is 2.50 bits per heavy atom. The number of carbonyl (C=O) groups is 1. The van der Waals surface area contributed by atoms with Crippen LogP contribution < -0.4 is 5.73 Å². The number of likely N-dealkylation sites (tertiary alicyclic amines) is 1. The van der Waals surface area contributed by atoms with Crippen molar-refractivity contribution < 1.29 is 4.79 Å². The number of nitrogens with zero attached hydrogens (tertiary/aromatic N) is 2. The largest absolute Gasteiger partial charge is 0.341 e. The van der Waals surface area contributed by atoms with Crippen LogP contribution in [0.1, 0.15) is 31.2 Å². The maximum absolute atomic E-state index is 12.2. The first kappa shape index (κ1) is 15.5. The lowest BCUT2D eigenvalue weighted by Crippen LogP contribution is -2.49. The first-order chi connectivity index (χ1) is 10.6. The quantitative estimate of drug-likeness (QED) is 0.903. The van der Waals surface area contributed by atoms with Gasteiger partial charge in [0.15, 0.2) is 0 Å². The second-order valence-electron chi connectivity index (χ2n) is 7.07. The highest BCUT2D eigenvalue weighted by Gasteiger charge is 2.48. The molecule has 1 heterocycles. The summed E-state index contributed by atoms with van der Waals surface area (Å²) in [4.78, 5) is 16.6. The molecule has 2 fully saturated rings. The van der Waals surface area contributed by atoms with Crippen molar-refractivity contribution in [2.24, 2.45) is 11.7 Å². The molecule has 0 radical (unpaired) electrons. The van der Waals surface area contributed by atoms with E-state index >= 15 is 0 Å². The Labute approximate surface area is 133 Å². The van der Waals surface area contributed by atoms with Crippen molar-refractivity contribution in [1.82, 2.24) is 9.80 Å². The fraction of sp³-hybridized carbons (Fsp3) is 0.611. The second-order valence-corrected chi connectivity index (χ2v) is 7.07. The highest BCUT2D eigenvalue weighted by molar-refractivity contribution is 5.89. The van der Waals surface area contributed by atoms with Crippen molar-refractivity contribution in [1.29, 1.82) is 0 Å². The standard InChI is InChI=1S/C18H27N3O/c1-20(13-15-5-3-2-4-6-15)14-16-7-11-21(12-8-16)17(22)18(19)9-10-18/h2-6,16H,7-14,19H2,1H3. The van der Waals surface area contributed by atoms with Gasteiger partial charge in [0.25, 0.3) is 0 Å². The minimum atomic E-state index is -0.503. The second kappa shape index (κ2) is 6.39. The molecule has 1 amide bonds. The highest BCUT2D eigenvalue weighted by Crippen LogP contribution is 2.35. The van der Waals surface area contributed by atoms with E-state index in [9.17, 15) is 4.79 Å². The maximum Gasteiger partial charge on any atom is 0.242 e. The van der Waals surface area contributed by atoms with Crippen LogP contribution >= 0.6 is 0 Å². The minimum Gasteiger partial charge on any atom is -0.341 e. The number of nitrogens with two attached hydrogens (primary N) is 1. The van der Waals surface area contributed by atoms with Gasteiger partial charge in [-0.25, -0.2) is 0 Å². The van der Waals surface area contributed by atoms with Gasteiger partial charge in [0.2, 0.25) is 5.91 Å². The van der Waals surface area contributed by atoms with Crippen LogP contribution in [0.15, 0.2) is 30.3 Å². The zero-order valence-electron chi connectivity index (χ0n) is 13.5. The van der Waals surface area contributed by atoms with Gasteiger partial charge in [0, 0.05) is 26.2 Å². The summed E-state index contributed by atoms with van der Waals surface area (Å²) in [6.07, 6.45) is 3.93. The summed E-state index contributed by atoms with van der Waals surface area (Å²) in [6.45, 7) is 3.85. The molecule has 1 aliphatic carbocycles. The SMILES string of the molecule is CN(Cc1ccccc1)CC1CCN(C(=O)C2(N)CC2)CC1. The molecule has 4 nitrogen and oxygen atoms in total. The molecule has 0 atom stereocenters. The van der Waals surface area contributed by atoms with Crippen molar-refractivity contribution in [2.45, 2.75) is 37.8 Å². The summed E-state index contributed by atoms with van der Waals surface area (Å²) >= 11 is 0. The van der Waals surface area contributed by atoms with Gasteiger partial charge in [0.05, 0.1) is 5.54 Å².